The number of halogens is 1. The molecule has 0 bridgehead atoms. The Balaban J connectivity index is 1.48. The summed E-state index contributed by atoms with van der Waals surface area (Å²) in [6, 6.07) is 20.2. The number of methoxy groups -OCH3 is 1. The number of carbonyl (C=O) groups is 4. The molecule has 9 nitrogen and oxygen atoms in total. The normalized spacial score (nSPS) is 28.5. The highest BCUT2D eigenvalue weighted by molar-refractivity contribution is 9.10. The van der Waals surface area contributed by atoms with E-state index in [1.807, 2.05) is 67.6 Å². The summed E-state index contributed by atoms with van der Waals surface area (Å²) in [4.78, 5) is 58.3. The van der Waals surface area contributed by atoms with Gasteiger partial charge in [-0.2, -0.15) is 5.01 Å². The quantitative estimate of drug-likeness (QED) is 0.261. The van der Waals surface area contributed by atoms with Crippen LogP contribution in [-0.4, -0.2) is 52.3 Å². The number of hydrogen-bond donors (Lipinski definition) is 2. The molecule has 7 rings (SSSR count). The first-order valence-electron chi connectivity index (χ1n) is 15.5. The van der Waals surface area contributed by atoms with Gasteiger partial charge in [-0.05, 0) is 83.9 Å². The number of allylic oxidation sites excluding steroid dienone is 2. The van der Waals surface area contributed by atoms with Crippen LogP contribution in [0.15, 0.2) is 82.9 Å². The van der Waals surface area contributed by atoms with E-state index in [2.05, 4.69) is 21.4 Å². The maximum absolute atomic E-state index is 15.1. The van der Waals surface area contributed by atoms with Crippen molar-refractivity contribution in [2.45, 2.75) is 38.0 Å². The van der Waals surface area contributed by atoms with E-state index in [0.29, 0.717) is 27.7 Å². The lowest BCUT2D eigenvalue weighted by Crippen LogP contribution is -2.53. The van der Waals surface area contributed by atoms with Crippen molar-refractivity contribution in [2.75, 3.05) is 19.1 Å². The van der Waals surface area contributed by atoms with E-state index in [-0.39, 0.29) is 36.3 Å². The predicted molar refractivity (Wildman–Crippen MR) is 174 cm³/mol. The van der Waals surface area contributed by atoms with E-state index < -0.39 is 46.8 Å². The molecular weight excluding hydrogens is 650 g/mol. The van der Waals surface area contributed by atoms with Gasteiger partial charge in [0.05, 0.1) is 40.4 Å². The molecule has 3 fully saturated rings. The number of aromatic hydroxyl groups is 1. The molecule has 236 valence electrons. The molecule has 3 aromatic rings. The molecule has 6 atom stereocenters. The molecule has 2 heterocycles. The highest BCUT2D eigenvalue weighted by Gasteiger charge is 2.70. The monoisotopic (exact) mass is 683 g/mol. The van der Waals surface area contributed by atoms with Crippen LogP contribution in [0.3, 0.4) is 0 Å². The van der Waals surface area contributed by atoms with Crippen molar-refractivity contribution in [2.24, 2.45) is 23.7 Å². The van der Waals surface area contributed by atoms with Gasteiger partial charge >= 0.3 is 0 Å². The van der Waals surface area contributed by atoms with Gasteiger partial charge in [0.1, 0.15) is 0 Å². The van der Waals surface area contributed by atoms with Crippen LogP contribution in [0.1, 0.15) is 42.4 Å². The Hall–Kier alpha value is -4.44. The van der Waals surface area contributed by atoms with Crippen molar-refractivity contribution in [3.05, 3.63) is 99.5 Å². The lowest BCUT2D eigenvalue weighted by molar-refractivity contribution is -0.141. The average molecular weight is 685 g/mol. The van der Waals surface area contributed by atoms with Crippen LogP contribution >= 0.6 is 15.9 Å². The second kappa shape index (κ2) is 11.1. The lowest BCUT2D eigenvalue weighted by Gasteiger charge is -2.50. The maximum atomic E-state index is 15.1. The Morgan fingerprint density at radius 3 is 2.37 bits per heavy atom. The average Bonchev–Trinajstić information content (AvgIpc) is 3.44. The fourth-order valence-electron chi connectivity index (χ4n) is 8.42. The molecule has 0 spiro atoms. The van der Waals surface area contributed by atoms with Crippen molar-refractivity contribution >= 4 is 45.2 Å². The molecule has 2 N–H and O–H groups in total. The molecular formula is C36H34BrN3O6. The minimum atomic E-state index is -1.40. The number of benzene rings is 3. The van der Waals surface area contributed by atoms with Crippen molar-refractivity contribution < 1.29 is 29.0 Å². The maximum Gasteiger partial charge on any atom is 0.260 e. The third-order valence-electron chi connectivity index (χ3n) is 10.4. The highest BCUT2D eigenvalue weighted by atomic mass is 79.9. The molecule has 1 saturated carbocycles. The number of phenols is 1. The molecule has 4 amide bonds. The Morgan fingerprint density at radius 1 is 0.978 bits per heavy atom. The minimum Gasteiger partial charge on any atom is -0.503 e. The van der Waals surface area contributed by atoms with Crippen molar-refractivity contribution in [3.8, 4) is 11.5 Å². The van der Waals surface area contributed by atoms with Gasteiger partial charge in [0.25, 0.3) is 11.8 Å². The zero-order chi connectivity index (χ0) is 32.5. The molecule has 2 aliphatic carbocycles. The Bertz CT molecular complexity index is 1810. The number of nitrogens with zero attached hydrogens (tertiary/aromatic N) is 2. The highest BCUT2D eigenvalue weighted by Crippen LogP contribution is 2.64. The first-order chi connectivity index (χ1) is 22.1. The number of aryl methyl sites for hydroxylation is 1. The number of amides is 4. The van der Waals surface area contributed by atoms with Crippen molar-refractivity contribution in [1.29, 1.82) is 0 Å². The zero-order valence-electron chi connectivity index (χ0n) is 25.7. The molecule has 6 unspecified atom stereocenters. The first-order valence-corrected chi connectivity index (χ1v) is 16.3. The number of imide groups is 2. The number of phenolic OH excluding ortho intramolecular Hbond substituents is 1. The SMILES string of the molecule is CCN1C(=O)C2CC=C3C(CC4C(=O)N(Nc5ccc(C)cc5)C(=O)C4(c4ccccc4)C3c3cc(Br)c(O)c(OC)c3)C2C1=O. The van der Waals surface area contributed by atoms with Gasteiger partial charge in [-0.3, -0.25) is 29.5 Å². The smallest absolute Gasteiger partial charge is 0.260 e. The molecule has 0 aromatic heterocycles. The number of ether oxygens (including phenoxy) is 1. The van der Waals surface area contributed by atoms with Crippen LogP contribution in [-0.2, 0) is 24.6 Å². The van der Waals surface area contributed by atoms with E-state index in [9.17, 15) is 19.5 Å². The predicted octanol–water partition coefficient (Wildman–Crippen LogP) is 5.48. The van der Waals surface area contributed by atoms with Crippen LogP contribution in [0.5, 0.6) is 11.5 Å². The number of hydrazine groups is 1. The third kappa shape index (κ3) is 4.18. The summed E-state index contributed by atoms with van der Waals surface area (Å²) >= 11 is 3.48. The number of likely N-dealkylation sites (tertiary alicyclic amines) is 1. The minimum absolute atomic E-state index is 0.0896. The van der Waals surface area contributed by atoms with Crippen LogP contribution in [0.4, 0.5) is 5.69 Å². The van der Waals surface area contributed by atoms with Crippen LogP contribution in [0, 0.1) is 30.6 Å². The third-order valence-corrected chi connectivity index (χ3v) is 11.0. The summed E-state index contributed by atoms with van der Waals surface area (Å²) in [5.41, 5.74) is 5.49. The molecule has 2 aliphatic heterocycles. The number of anilines is 1. The summed E-state index contributed by atoms with van der Waals surface area (Å²) in [6.45, 7) is 4.03. The van der Waals surface area contributed by atoms with Crippen molar-refractivity contribution in [1.82, 2.24) is 9.91 Å². The fraction of sp³-hybridized carbons (Fsp3) is 0.333. The number of fused-ring (bicyclic) bond motifs is 4. The number of carbonyl (C=O) groups excluding carboxylic acids is 4. The number of hydrogen-bond acceptors (Lipinski definition) is 7. The summed E-state index contributed by atoms with van der Waals surface area (Å²) in [6.07, 6.45) is 2.60. The van der Waals surface area contributed by atoms with Crippen LogP contribution in [0.25, 0.3) is 0 Å². The van der Waals surface area contributed by atoms with Gasteiger partial charge in [-0.25, -0.2) is 0 Å². The van der Waals surface area contributed by atoms with Gasteiger partial charge < -0.3 is 9.84 Å². The molecule has 0 radical (unpaired) electrons. The van der Waals surface area contributed by atoms with Gasteiger partial charge in [0.2, 0.25) is 11.8 Å². The van der Waals surface area contributed by atoms with Gasteiger partial charge in [0, 0.05) is 12.5 Å². The largest absolute Gasteiger partial charge is 0.503 e. The van der Waals surface area contributed by atoms with Crippen LogP contribution < -0.4 is 10.2 Å². The van der Waals surface area contributed by atoms with Crippen molar-refractivity contribution in [3.63, 3.8) is 0 Å². The second-order valence-electron chi connectivity index (χ2n) is 12.6. The molecule has 2 saturated heterocycles. The Morgan fingerprint density at radius 2 is 1.70 bits per heavy atom. The van der Waals surface area contributed by atoms with Gasteiger partial charge in [0.15, 0.2) is 11.5 Å². The number of nitrogens with one attached hydrogen (secondary N) is 1. The van der Waals surface area contributed by atoms with Crippen LogP contribution in [0.2, 0.25) is 0 Å². The van der Waals surface area contributed by atoms with E-state index in [1.165, 1.54) is 12.0 Å². The number of rotatable bonds is 6. The van der Waals surface area contributed by atoms with E-state index in [0.717, 1.165) is 16.1 Å². The summed E-state index contributed by atoms with van der Waals surface area (Å²) < 4.78 is 5.92. The molecule has 46 heavy (non-hydrogen) atoms. The van der Waals surface area contributed by atoms with E-state index in [4.69, 9.17) is 4.74 Å². The van der Waals surface area contributed by atoms with Gasteiger partial charge in [-0.1, -0.05) is 59.7 Å². The molecule has 10 heteroatoms. The zero-order valence-corrected chi connectivity index (χ0v) is 27.3. The molecule has 3 aromatic carbocycles. The van der Waals surface area contributed by atoms with E-state index >= 15 is 4.79 Å². The van der Waals surface area contributed by atoms with E-state index in [1.54, 1.807) is 19.1 Å². The fourth-order valence-corrected chi connectivity index (χ4v) is 8.87. The Labute approximate surface area is 275 Å². The standard InChI is InChI=1S/C36H34BrN3O6/c1-4-39-32(42)24-15-14-23-25(29(24)34(39)44)18-26-33(43)40(38-22-12-10-19(2)11-13-22)35(45)36(26,21-8-6-5-7-9-21)30(23)20-16-27(37)31(41)28(17-20)46-3/h5-14,16-17,24-26,29-30,38,41H,4,15,18H2,1-3H3. The Kier molecular flexibility index (Phi) is 7.31. The molecule has 4 aliphatic rings. The topological polar surface area (TPSA) is 116 Å². The summed E-state index contributed by atoms with van der Waals surface area (Å²) in [7, 11) is 1.45. The summed E-state index contributed by atoms with van der Waals surface area (Å²) in [5, 5.41) is 11.9. The lowest BCUT2D eigenvalue weighted by atomic mass is 9.49. The first kappa shape index (κ1) is 30.2. The summed E-state index contributed by atoms with van der Waals surface area (Å²) in [5.74, 6) is -4.27. The van der Waals surface area contributed by atoms with Gasteiger partial charge in [-0.15, -0.1) is 0 Å². The second-order valence-corrected chi connectivity index (χ2v) is 13.4.